The number of anilines is 6. The Morgan fingerprint density at radius 1 is 0.351 bits per heavy atom. The number of hydrogen-bond acceptors (Lipinski definition) is 5. The van der Waals surface area contributed by atoms with E-state index in [0.29, 0.717) is 5.69 Å². The highest BCUT2D eigenvalue weighted by molar-refractivity contribution is 7.26. The SMILES string of the molecule is Fc1ccccc1N(c1ccc2ccc3c(N(c4ccccn4)c4cccc5sc6ccccc6c45)ccc4ccc1c2c43)c1cccc2sc3ccccc3c12. The Bertz CT molecular complexity index is 3520. The standard InChI is InChI=1S/C51H30FN3S2/c52-37-13-3-4-14-40(37)54(41-15-9-19-45-50(41)35-11-1-5-17-43(35)56-45)38-28-24-31-23-27-34-39(29-25-32-22-26-33(38)48(31)49(32)34)55(47-21-7-8-30-53-47)42-16-10-20-46-51(42)36-12-2-6-18-44(36)57-46/h1-30H. The minimum absolute atomic E-state index is 0.275. The van der Waals surface area contributed by atoms with Gasteiger partial charge in [-0.15, -0.1) is 22.7 Å². The van der Waals surface area contributed by atoms with Crippen molar-refractivity contribution in [3.63, 3.8) is 0 Å². The van der Waals surface area contributed by atoms with Crippen LogP contribution in [0.15, 0.2) is 182 Å². The fraction of sp³-hybridized carbons (Fsp3) is 0. The van der Waals surface area contributed by atoms with E-state index in [1.165, 1.54) is 40.3 Å². The summed E-state index contributed by atoms with van der Waals surface area (Å²) in [5.41, 5.74) is 4.51. The smallest absolute Gasteiger partial charge is 0.147 e. The van der Waals surface area contributed by atoms with Gasteiger partial charge in [-0.2, -0.15) is 0 Å². The van der Waals surface area contributed by atoms with Crippen LogP contribution in [0.3, 0.4) is 0 Å². The summed E-state index contributed by atoms with van der Waals surface area (Å²) in [6.45, 7) is 0. The van der Waals surface area contributed by atoms with Gasteiger partial charge in [0.05, 0.1) is 28.4 Å². The summed E-state index contributed by atoms with van der Waals surface area (Å²) in [7, 11) is 0. The van der Waals surface area contributed by atoms with Crippen molar-refractivity contribution >= 4 is 130 Å². The molecule has 0 atom stereocenters. The lowest BCUT2D eigenvalue weighted by atomic mass is 9.91. The van der Waals surface area contributed by atoms with E-state index in [2.05, 4.69) is 155 Å². The normalized spacial score (nSPS) is 11.9. The third-order valence-electron chi connectivity index (χ3n) is 11.3. The predicted octanol–water partition coefficient (Wildman–Crippen LogP) is 15.8. The van der Waals surface area contributed by atoms with E-state index >= 15 is 4.39 Å². The maximum absolute atomic E-state index is 16.2. The van der Waals surface area contributed by atoms with Gasteiger partial charge in [-0.25, -0.2) is 9.37 Å². The van der Waals surface area contributed by atoms with E-state index in [9.17, 15) is 0 Å². The van der Waals surface area contributed by atoms with Crippen molar-refractivity contribution in [3.05, 3.63) is 188 Å². The summed E-state index contributed by atoms with van der Waals surface area (Å²) >= 11 is 3.59. The highest BCUT2D eigenvalue weighted by Gasteiger charge is 2.26. The summed E-state index contributed by atoms with van der Waals surface area (Å²) < 4.78 is 21.1. The van der Waals surface area contributed by atoms with Gasteiger partial charge in [0.1, 0.15) is 11.6 Å². The third-order valence-corrected chi connectivity index (χ3v) is 13.6. The quantitative estimate of drug-likeness (QED) is 0.157. The number of hydrogen-bond donors (Lipinski definition) is 0. The lowest BCUT2D eigenvalue weighted by Gasteiger charge is -2.29. The van der Waals surface area contributed by atoms with Crippen LogP contribution in [0, 0.1) is 5.82 Å². The summed E-state index contributed by atoms with van der Waals surface area (Å²) in [6.07, 6.45) is 1.87. The molecule has 3 aromatic heterocycles. The highest BCUT2D eigenvalue weighted by atomic mass is 32.1. The summed E-state index contributed by atoms with van der Waals surface area (Å²) in [4.78, 5) is 9.41. The van der Waals surface area contributed by atoms with Crippen molar-refractivity contribution in [2.45, 2.75) is 0 Å². The second-order valence-electron chi connectivity index (χ2n) is 14.4. The molecule has 0 radical (unpaired) electrons. The molecular weight excluding hydrogens is 738 g/mol. The van der Waals surface area contributed by atoms with Gasteiger partial charge >= 0.3 is 0 Å². The monoisotopic (exact) mass is 767 g/mol. The van der Waals surface area contributed by atoms with Gasteiger partial charge in [0.2, 0.25) is 0 Å². The minimum Gasteiger partial charge on any atom is -0.306 e. The molecule has 57 heavy (non-hydrogen) atoms. The fourth-order valence-corrected chi connectivity index (χ4v) is 11.2. The Hall–Kier alpha value is -6.86. The minimum atomic E-state index is -0.275. The zero-order valence-corrected chi connectivity index (χ0v) is 32.0. The number of aromatic nitrogens is 1. The molecule has 0 unspecified atom stereocenters. The van der Waals surface area contributed by atoms with Crippen LogP contribution in [0.25, 0.3) is 72.7 Å². The first-order chi connectivity index (χ1) is 28.2. The zero-order chi connectivity index (χ0) is 37.6. The Balaban J connectivity index is 1.15. The molecule has 9 aromatic carbocycles. The van der Waals surface area contributed by atoms with Gasteiger partial charge < -0.3 is 4.90 Å². The van der Waals surface area contributed by atoms with Crippen molar-refractivity contribution in [1.82, 2.24) is 4.98 Å². The molecule has 12 aromatic rings. The van der Waals surface area contributed by atoms with Crippen molar-refractivity contribution in [1.29, 1.82) is 0 Å². The Morgan fingerprint density at radius 3 is 1.44 bits per heavy atom. The average molecular weight is 768 g/mol. The first kappa shape index (κ1) is 32.4. The summed E-state index contributed by atoms with van der Waals surface area (Å²) in [5, 5.41) is 11.5. The first-order valence-electron chi connectivity index (χ1n) is 19.0. The molecule has 0 fully saturated rings. The molecule has 0 aliphatic carbocycles. The third kappa shape index (κ3) is 4.84. The van der Waals surface area contributed by atoms with E-state index in [-0.39, 0.29) is 5.82 Å². The van der Waals surface area contributed by atoms with E-state index < -0.39 is 0 Å². The van der Waals surface area contributed by atoms with Crippen LogP contribution in [-0.2, 0) is 0 Å². The molecule has 0 amide bonds. The molecule has 0 saturated heterocycles. The summed E-state index contributed by atoms with van der Waals surface area (Å²) in [5.74, 6) is 0.570. The van der Waals surface area contributed by atoms with Gasteiger partial charge in [-0.3, -0.25) is 4.90 Å². The largest absolute Gasteiger partial charge is 0.306 e. The van der Waals surface area contributed by atoms with Crippen molar-refractivity contribution in [2.24, 2.45) is 0 Å². The van der Waals surface area contributed by atoms with E-state index in [0.717, 1.165) is 60.9 Å². The Labute approximate surface area is 335 Å². The summed E-state index contributed by atoms with van der Waals surface area (Å²) in [6, 6.07) is 61.1. The van der Waals surface area contributed by atoms with E-state index in [4.69, 9.17) is 4.98 Å². The molecule has 0 spiro atoms. The maximum atomic E-state index is 16.2. The lowest BCUT2D eigenvalue weighted by Crippen LogP contribution is -2.13. The van der Waals surface area contributed by atoms with Gasteiger partial charge in [0, 0.05) is 57.3 Å². The highest BCUT2D eigenvalue weighted by Crippen LogP contribution is 2.51. The first-order valence-corrected chi connectivity index (χ1v) is 20.6. The number of thiophene rings is 2. The molecule has 0 aliphatic rings. The van der Waals surface area contributed by atoms with Crippen LogP contribution >= 0.6 is 22.7 Å². The number of pyridine rings is 1. The molecule has 3 heterocycles. The number of benzene rings is 9. The van der Waals surface area contributed by atoms with Crippen LogP contribution in [0.1, 0.15) is 0 Å². The molecule has 268 valence electrons. The van der Waals surface area contributed by atoms with Gasteiger partial charge in [0.15, 0.2) is 0 Å². The fourth-order valence-electron chi connectivity index (χ4n) is 8.93. The van der Waals surface area contributed by atoms with Crippen LogP contribution < -0.4 is 9.80 Å². The molecule has 12 rings (SSSR count). The van der Waals surface area contributed by atoms with E-state index in [1.54, 1.807) is 23.5 Å². The van der Waals surface area contributed by atoms with Crippen LogP contribution in [0.2, 0.25) is 0 Å². The molecule has 6 heteroatoms. The second kappa shape index (κ2) is 12.6. The molecule has 0 bridgehead atoms. The Morgan fingerprint density at radius 2 is 0.842 bits per heavy atom. The molecule has 0 saturated carbocycles. The predicted molar refractivity (Wildman–Crippen MR) is 243 cm³/mol. The molecule has 0 aliphatic heterocycles. The van der Waals surface area contributed by atoms with Crippen molar-refractivity contribution < 1.29 is 4.39 Å². The van der Waals surface area contributed by atoms with Gasteiger partial charge in [-0.05, 0) is 94.3 Å². The molecule has 0 N–H and O–H groups in total. The van der Waals surface area contributed by atoms with Crippen LogP contribution in [0.4, 0.5) is 38.6 Å². The van der Waals surface area contributed by atoms with Crippen molar-refractivity contribution in [3.8, 4) is 0 Å². The lowest BCUT2D eigenvalue weighted by molar-refractivity contribution is 0.629. The maximum Gasteiger partial charge on any atom is 0.147 e. The number of halogens is 1. The van der Waals surface area contributed by atoms with Gasteiger partial charge in [-0.1, -0.05) is 103 Å². The Kier molecular flexibility index (Phi) is 7.15. The van der Waals surface area contributed by atoms with Crippen LogP contribution in [-0.4, -0.2) is 4.98 Å². The molecule has 3 nitrogen and oxygen atoms in total. The second-order valence-corrected chi connectivity index (χ2v) is 16.6. The number of fused-ring (bicyclic) bond motifs is 6. The van der Waals surface area contributed by atoms with Crippen LogP contribution in [0.5, 0.6) is 0 Å². The number of rotatable bonds is 6. The molecular formula is C51H30FN3S2. The van der Waals surface area contributed by atoms with E-state index in [1.807, 2.05) is 35.7 Å². The number of para-hydroxylation sites is 1. The van der Waals surface area contributed by atoms with Gasteiger partial charge in [0.25, 0.3) is 0 Å². The average Bonchev–Trinajstić information content (AvgIpc) is 3.84. The zero-order valence-electron chi connectivity index (χ0n) is 30.4. The van der Waals surface area contributed by atoms with Crippen molar-refractivity contribution in [2.75, 3.05) is 9.80 Å². The number of nitrogens with zero attached hydrogens (tertiary/aromatic N) is 3. The topological polar surface area (TPSA) is 19.4 Å².